The summed E-state index contributed by atoms with van der Waals surface area (Å²) < 4.78 is 105. The summed E-state index contributed by atoms with van der Waals surface area (Å²) in [4.78, 5) is 8.33. The van der Waals surface area contributed by atoms with Crippen LogP contribution in [0, 0.1) is 25.2 Å². The number of hydrogen-bond donors (Lipinski definition) is 6. The molecule has 65 heavy (non-hydrogen) atoms. The number of nitriles is 1. The molecule has 2 aromatic heterocycles. The molecule has 5 aromatic carbocycles. The van der Waals surface area contributed by atoms with Crippen molar-refractivity contribution >= 4 is 109 Å². The molecule has 0 radical (unpaired) electrons. The summed E-state index contributed by atoms with van der Waals surface area (Å²) >= 11 is 1.49. The van der Waals surface area contributed by atoms with Gasteiger partial charge in [0, 0.05) is 32.8 Å². The van der Waals surface area contributed by atoms with E-state index in [1.54, 1.807) is 25.1 Å². The average molecular weight is 976 g/mol. The van der Waals surface area contributed by atoms with Gasteiger partial charge in [-0.3, -0.25) is 13.7 Å². The Morgan fingerprint density at radius 2 is 1.32 bits per heavy atom. The molecule has 0 saturated heterocycles. The van der Waals surface area contributed by atoms with E-state index in [4.69, 9.17) is 5.26 Å². The molecule has 0 saturated carbocycles. The highest BCUT2D eigenvalue weighted by Gasteiger charge is 2.22. The predicted octanol–water partition coefficient (Wildman–Crippen LogP) is 10.3. The number of thiazole rings is 1. The van der Waals surface area contributed by atoms with Gasteiger partial charge >= 0.3 is 0 Å². The molecule has 26 heteroatoms. The lowest BCUT2D eigenvalue weighted by Crippen LogP contribution is -2.05. The van der Waals surface area contributed by atoms with Crippen LogP contribution in [-0.4, -0.2) is 54.1 Å². The molecule has 0 aliphatic rings. The lowest BCUT2D eigenvalue weighted by atomic mass is 10.1. The molecule has 0 aliphatic heterocycles. The van der Waals surface area contributed by atoms with E-state index in [1.807, 2.05) is 19.1 Å². The average Bonchev–Trinajstić information content (AvgIpc) is 3.67. The summed E-state index contributed by atoms with van der Waals surface area (Å²) in [6, 6.07) is 26.3. The molecular formula is C39H29N9O12S5. The topological polar surface area (TPSA) is 325 Å². The highest BCUT2D eigenvalue weighted by molar-refractivity contribution is 7.94. The van der Waals surface area contributed by atoms with Gasteiger partial charge in [0.25, 0.3) is 30.4 Å². The SMILES string of the molecule is Cc1ccc(-c2nc(/N=N/c3c(Nc4ccc(S(=O)(=O)O)cc4)nc(Nc4ccc(S(=O)(=O)O)cc4)c(C#N)c3C)sc2/N=N/c2cc(SOOO)c3cccc(S(=O)(=O)O)c3c2)cc1. The zero-order valence-corrected chi connectivity index (χ0v) is 37.1. The van der Waals surface area contributed by atoms with E-state index in [2.05, 4.69) is 56.5 Å². The largest absolute Gasteiger partial charge is 0.339 e. The summed E-state index contributed by atoms with van der Waals surface area (Å²) in [6.07, 6.45) is 0. The third kappa shape index (κ3) is 10.8. The first kappa shape index (κ1) is 46.4. The van der Waals surface area contributed by atoms with Crippen LogP contribution >= 0.6 is 23.4 Å². The van der Waals surface area contributed by atoms with Crippen molar-refractivity contribution in [1.29, 1.82) is 5.26 Å². The fraction of sp³-hybridized carbons (Fsp3) is 0.0513. The number of rotatable bonds is 15. The van der Waals surface area contributed by atoms with E-state index >= 15 is 0 Å². The van der Waals surface area contributed by atoms with Crippen molar-refractivity contribution < 1.29 is 53.5 Å². The second-order valence-electron chi connectivity index (χ2n) is 13.4. The lowest BCUT2D eigenvalue weighted by Gasteiger charge is -2.16. The number of pyridine rings is 1. The van der Waals surface area contributed by atoms with E-state index in [1.165, 1.54) is 48.5 Å². The zero-order valence-electron chi connectivity index (χ0n) is 33.0. The van der Waals surface area contributed by atoms with Gasteiger partial charge in [0.2, 0.25) is 5.13 Å². The van der Waals surface area contributed by atoms with Gasteiger partial charge in [-0.15, -0.1) is 24.8 Å². The Balaban J connectivity index is 1.32. The molecular weight excluding hydrogens is 947 g/mol. The lowest BCUT2D eigenvalue weighted by molar-refractivity contribution is -0.432. The molecule has 21 nitrogen and oxygen atoms in total. The number of aryl methyl sites for hydroxylation is 1. The maximum absolute atomic E-state index is 12.3. The maximum Gasteiger partial charge on any atom is 0.295 e. The van der Waals surface area contributed by atoms with E-state index in [9.17, 15) is 44.2 Å². The molecule has 0 unspecified atom stereocenters. The van der Waals surface area contributed by atoms with Crippen LogP contribution in [0.5, 0.6) is 0 Å². The first-order valence-corrected chi connectivity index (χ1v) is 23.9. The van der Waals surface area contributed by atoms with Gasteiger partial charge in [-0.1, -0.05) is 58.3 Å². The Kier molecular flexibility index (Phi) is 13.5. The molecule has 332 valence electrons. The van der Waals surface area contributed by atoms with Crippen LogP contribution < -0.4 is 10.6 Å². The molecule has 0 bridgehead atoms. The second-order valence-corrected chi connectivity index (χ2v) is 19.4. The number of anilines is 4. The van der Waals surface area contributed by atoms with Crippen molar-refractivity contribution in [3.05, 3.63) is 120 Å². The minimum atomic E-state index is -4.70. The number of hydrogen-bond acceptors (Lipinski definition) is 20. The second kappa shape index (κ2) is 18.9. The molecule has 6 N–H and O–H groups in total. The van der Waals surface area contributed by atoms with Crippen LogP contribution in [0.1, 0.15) is 16.7 Å². The predicted molar refractivity (Wildman–Crippen MR) is 238 cm³/mol. The Hall–Kier alpha value is -6.61. The van der Waals surface area contributed by atoms with Crippen molar-refractivity contribution in [3.63, 3.8) is 0 Å². The van der Waals surface area contributed by atoms with Crippen LogP contribution in [0.2, 0.25) is 0 Å². The van der Waals surface area contributed by atoms with Crippen molar-refractivity contribution in [2.24, 2.45) is 20.5 Å². The molecule has 7 aromatic rings. The Labute approximate surface area is 377 Å². The van der Waals surface area contributed by atoms with Crippen LogP contribution in [0.3, 0.4) is 0 Å². The van der Waals surface area contributed by atoms with Crippen LogP contribution in [-0.2, 0) is 39.7 Å². The Bertz CT molecular complexity index is 3420. The number of azo groups is 2. The van der Waals surface area contributed by atoms with E-state index in [-0.39, 0.29) is 75.7 Å². The normalized spacial score (nSPS) is 12.3. The quantitative estimate of drug-likeness (QED) is 0.0183. The summed E-state index contributed by atoms with van der Waals surface area (Å²) in [5.74, 6) is -0.00410. The standard InChI is InChI=1S/C39H29N9O12S5/c1-21-6-8-23(9-7-21)35-38(47-45-26-18-30-29(32(19-26)62-60-59-49)4-3-5-33(30)65(56,57)58)61-39(43-35)48-46-34-22(2)31(20-40)36(41-24-10-14-27(15-11-24)63(50,51)52)44-37(34)42-25-12-16-28(17-13-25)64(53,54)55/h3-19,49H,1-2H3,(H2,41,42,44)(H,50,51,52)(H,53,54,55)(H,56,57,58)/b47-45+,48-46+. The van der Waals surface area contributed by atoms with E-state index in [0.717, 1.165) is 41.2 Å². The van der Waals surface area contributed by atoms with E-state index in [0.29, 0.717) is 28.7 Å². The monoisotopic (exact) mass is 975 g/mol. The smallest absolute Gasteiger partial charge is 0.295 e. The van der Waals surface area contributed by atoms with Crippen molar-refractivity contribution in [3.8, 4) is 17.3 Å². The zero-order chi connectivity index (χ0) is 46.7. The summed E-state index contributed by atoms with van der Waals surface area (Å²) in [7, 11) is -13.7. The molecule has 0 amide bonds. The van der Waals surface area contributed by atoms with Crippen LogP contribution in [0.25, 0.3) is 22.0 Å². The van der Waals surface area contributed by atoms with Gasteiger partial charge in [0.05, 0.1) is 33.1 Å². The minimum absolute atomic E-state index is 0.0000690. The van der Waals surface area contributed by atoms with Crippen LogP contribution in [0.15, 0.2) is 143 Å². The summed E-state index contributed by atoms with van der Waals surface area (Å²) in [5.41, 5.74) is 2.84. The number of nitrogens with one attached hydrogen (secondary N) is 2. The number of aromatic nitrogens is 2. The molecule has 0 aliphatic carbocycles. The number of fused-ring (bicyclic) bond motifs is 1. The molecule has 0 fully saturated rings. The molecule has 2 heterocycles. The molecule has 0 atom stereocenters. The third-order valence-electron chi connectivity index (χ3n) is 9.11. The van der Waals surface area contributed by atoms with Crippen LogP contribution in [0.4, 0.5) is 44.5 Å². The van der Waals surface area contributed by atoms with Crippen molar-refractivity contribution in [2.45, 2.75) is 33.4 Å². The summed E-state index contributed by atoms with van der Waals surface area (Å²) in [6.45, 7) is 3.46. The third-order valence-corrected chi connectivity index (χ3v) is 13.2. The summed E-state index contributed by atoms with van der Waals surface area (Å²) in [5, 5.41) is 47.1. The van der Waals surface area contributed by atoms with Gasteiger partial charge in [0.15, 0.2) is 16.6 Å². The number of benzene rings is 5. The Morgan fingerprint density at radius 3 is 1.89 bits per heavy atom. The first-order valence-electron chi connectivity index (χ1n) is 18.1. The first-order chi connectivity index (χ1) is 30.8. The minimum Gasteiger partial charge on any atom is -0.339 e. The fourth-order valence-corrected chi connectivity index (χ4v) is 8.98. The molecule has 0 spiro atoms. The van der Waals surface area contributed by atoms with Gasteiger partial charge in [-0.2, -0.15) is 30.5 Å². The van der Waals surface area contributed by atoms with Crippen molar-refractivity contribution in [1.82, 2.24) is 9.97 Å². The van der Waals surface area contributed by atoms with Gasteiger partial charge in [-0.05, 0) is 86.0 Å². The van der Waals surface area contributed by atoms with Gasteiger partial charge in [0.1, 0.15) is 22.3 Å². The Morgan fingerprint density at radius 1 is 0.708 bits per heavy atom. The van der Waals surface area contributed by atoms with E-state index < -0.39 is 35.2 Å². The maximum atomic E-state index is 12.3. The van der Waals surface area contributed by atoms with Gasteiger partial charge < -0.3 is 10.6 Å². The molecule has 7 rings (SSSR count). The highest BCUT2D eigenvalue weighted by atomic mass is 32.2. The number of nitrogens with zero attached hydrogens (tertiary/aromatic N) is 7. The van der Waals surface area contributed by atoms with Gasteiger partial charge in [-0.25, -0.2) is 15.2 Å². The highest BCUT2D eigenvalue weighted by Crippen LogP contribution is 2.44. The van der Waals surface area contributed by atoms with Crippen molar-refractivity contribution in [2.75, 3.05) is 10.6 Å². The fourth-order valence-electron chi connectivity index (χ4n) is 6.04.